The zero-order valence-electron chi connectivity index (χ0n) is 17.7. The Balaban J connectivity index is 1.76. The Kier molecular flexibility index (Phi) is 6.34. The van der Waals surface area contributed by atoms with Crippen molar-refractivity contribution in [1.82, 2.24) is 9.97 Å². The van der Waals surface area contributed by atoms with Gasteiger partial charge in [0.05, 0.1) is 11.3 Å². The van der Waals surface area contributed by atoms with Crippen LogP contribution in [0.5, 0.6) is 0 Å². The first-order valence-electron chi connectivity index (χ1n) is 9.85. The van der Waals surface area contributed by atoms with Crippen LogP contribution in [0.25, 0.3) is 6.08 Å². The number of nitrogens with two attached hydrogens (primary N) is 1. The third-order valence-electron chi connectivity index (χ3n) is 5.08. The molecule has 0 radical (unpaired) electrons. The highest BCUT2D eigenvalue weighted by Gasteiger charge is 2.30. The van der Waals surface area contributed by atoms with Crippen molar-refractivity contribution in [3.63, 3.8) is 0 Å². The highest BCUT2D eigenvalue weighted by atomic mass is 19.4. The van der Waals surface area contributed by atoms with E-state index in [1.165, 1.54) is 12.1 Å². The maximum absolute atomic E-state index is 12.8. The number of anilines is 2. The van der Waals surface area contributed by atoms with Crippen LogP contribution in [-0.4, -0.2) is 9.97 Å². The highest BCUT2D eigenvalue weighted by Crippen LogP contribution is 2.32. The predicted molar refractivity (Wildman–Crippen MR) is 118 cm³/mol. The molecule has 0 saturated heterocycles. The Morgan fingerprint density at radius 3 is 2.13 bits per heavy atom. The zero-order valence-corrected chi connectivity index (χ0v) is 17.7. The van der Waals surface area contributed by atoms with Gasteiger partial charge in [0.2, 0.25) is 5.95 Å². The Morgan fingerprint density at radius 2 is 1.55 bits per heavy atom. The summed E-state index contributed by atoms with van der Waals surface area (Å²) >= 11 is 0. The van der Waals surface area contributed by atoms with E-state index in [2.05, 4.69) is 15.3 Å². The fourth-order valence-corrected chi connectivity index (χ4v) is 3.14. The molecule has 7 heteroatoms. The van der Waals surface area contributed by atoms with Gasteiger partial charge in [-0.3, -0.25) is 0 Å². The molecule has 0 aliphatic rings. The minimum absolute atomic E-state index is 0.336. The number of hydrogen-bond donors (Lipinski definition) is 2. The van der Waals surface area contributed by atoms with Crippen molar-refractivity contribution >= 4 is 17.8 Å². The van der Waals surface area contributed by atoms with Crippen LogP contribution in [0.2, 0.25) is 0 Å². The van der Waals surface area contributed by atoms with E-state index in [9.17, 15) is 13.2 Å². The molecule has 0 unspecified atom stereocenters. The first-order valence-corrected chi connectivity index (χ1v) is 9.85. The van der Waals surface area contributed by atoms with Crippen molar-refractivity contribution in [2.24, 2.45) is 0 Å². The lowest BCUT2D eigenvalue weighted by Gasteiger charge is -2.22. The van der Waals surface area contributed by atoms with Gasteiger partial charge in [-0.15, -0.1) is 0 Å². The molecule has 0 amide bonds. The standard InChI is InChI=1S/C24H25F3N4/c1-16-20(21(28)31-22(30-16)29-15-17-7-5-4-6-8-17)13-14-23(2,3)18-9-11-19(12-10-18)24(25,26)27/h4-14H,15H2,1-3H3,(H3,28,29,30,31)/b14-13+. The first-order chi connectivity index (χ1) is 14.6. The SMILES string of the molecule is Cc1nc(NCc2ccccc2)nc(N)c1/C=C/C(C)(C)c1ccc(C(F)(F)F)cc1. The molecule has 0 fully saturated rings. The van der Waals surface area contributed by atoms with Gasteiger partial charge in [-0.2, -0.15) is 18.2 Å². The minimum atomic E-state index is -4.35. The number of allylic oxidation sites excluding steroid dienone is 1. The monoisotopic (exact) mass is 426 g/mol. The summed E-state index contributed by atoms with van der Waals surface area (Å²) in [5.74, 6) is 0.778. The molecule has 4 nitrogen and oxygen atoms in total. The van der Waals surface area contributed by atoms with Crippen molar-refractivity contribution in [2.45, 2.75) is 38.9 Å². The summed E-state index contributed by atoms with van der Waals surface area (Å²) in [6, 6.07) is 15.1. The Hall–Kier alpha value is -3.35. The summed E-state index contributed by atoms with van der Waals surface area (Å²) in [6.07, 6.45) is -0.629. The van der Waals surface area contributed by atoms with E-state index in [-0.39, 0.29) is 0 Å². The lowest BCUT2D eigenvalue weighted by Crippen LogP contribution is -2.14. The molecule has 0 saturated carbocycles. The summed E-state index contributed by atoms with van der Waals surface area (Å²) in [4.78, 5) is 8.82. The fourth-order valence-electron chi connectivity index (χ4n) is 3.14. The molecule has 1 aromatic heterocycles. The van der Waals surface area contributed by atoms with Crippen LogP contribution in [-0.2, 0) is 18.1 Å². The van der Waals surface area contributed by atoms with E-state index in [1.54, 1.807) is 0 Å². The van der Waals surface area contributed by atoms with Gasteiger partial charge in [0, 0.05) is 17.5 Å². The Morgan fingerprint density at radius 1 is 0.935 bits per heavy atom. The molecule has 0 spiro atoms. The molecule has 2 aromatic carbocycles. The third kappa shape index (κ3) is 5.63. The van der Waals surface area contributed by atoms with Gasteiger partial charge in [-0.1, -0.05) is 68.5 Å². The van der Waals surface area contributed by atoms with Crippen LogP contribution in [0.15, 0.2) is 60.7 Å². The highest BCUT2D eigenvalue weighted by molar-refractivity contribution is 5.65. The fraction of sp³-hybridized carbons (Fsp3) is 0.250. The number of halogens is 3. The van der Waals surface area contributed by atoms with Crippen LogP contribution in [0.4, 0.5) is 24.9 Å². The molecular weight excluding hydrogens is 401 g/mol. The number of nitrogens with one attached hydrogen (secondary N) is 1. The van der Waals surface area contributed by atoms with Gasteiger partial charge in [0.25, 0.3) is 0 Å². The quantitative estimate of drug-likeness (QED) is 0.508. The molecule has 0 aliphatic heterocycles. The Bertz CT molecular complexity index is 1030. The van der Waals surface area contributed by atoms with Crippen LogP contribution < -0.4 is 11.1 Å². The largest absolute Gasteiger partial charge is 0.416 e. The van der Waals surface area contributed by atoms with Crippen LogP contribution >= 0.6 is 0 Å². The predicted octanol–water partition coefficient (Wildman–Crippen LogP) is 5.99. The number of nitrogens with zero attached hydrogens (tertiary/aromatic N) is 2. The van der Waals surface area contributed by atoms with E-state index >= 15 is 0 Å². The topological polar surface area (TPSA) is 63.8 Å². The number of hydrogen-bond acceptors (Lipinski definition) is 4. The second-order valence-corrected chi connectivity index (χ2v) is 7.90. The lowest BCUT2D eigenvalue weighted by atomic mass is 9.83. The summed E-state index contributed by atoms with van der Waals surface area (Å²) in [5, 5.41) is 3.17. The molecule has 0 bridgehead atoms. The lowest BCUT2D eigenvalue weighted by molar-refractivity contribution is -0.137. The average molecular weight is 426 g/mol. The number of alkyl halides is 3. The van der Waals surface area contributed by atoms with Crippen LogP contribution in [0.1, 0.15) is 41.8 Å². The minimum Gasteiger partial charge on any atom is -0.383 e. The van der Waals surface area contributed by atoms with Crippen molar-refractivity contribution in [3.05, 3.63) is 88.6 Å². The normalized spacial score (nSPS) is 12.3. The molecular formula is C24H25F3N4. The Labute approximate surface area is 180 Å². The van der Waals surface area contributed by atoms with E-state index < -0.39 is 17.2 Å². The number of nitrogen functional groups attached to an aromatic ring is 1. The van der Waals surface area contributed by atoms with E-state index in [0.717, 1.165) is 23.3 Å². The maximum Gasteiger partial charge on any atom is 0.416 e. The van der Waals surface area contributed by atoms with Crippen molar-refractivity contribution in [1.29, 1.82) is 0 Å². The summed E-state index contributed by atoms with van der Waals surface area (Å²) in [6.45, 7) is 6.27. The maximum atomic E-state index is 12.8. The second-order valence-electron chi connectivity index (χ2n) is 7.90. The third-order valence-corrected chi connectivity index (χ3v) is 5.08. The van der Waals surface area contributed by atoms with Crippen LogP contribution in [0.3, 0.4) is 0 Å². The number of aryl methyl sites for hydroxylation is 1. The number of aromatic nitrogens is 2. The molecule has 3 N–H and O–H groups in total. The van der Waals surface area contributed by atoms with E-state index in [0.29, 0.717) is 29.6 Å². The summed E-state index contributed by atoms with van der Waals surface area (Å²) in [5.41, 5.74) is 8.25. The number of benzene rings is 2. The molecule has 0 atom stereocenters. The molecule has 3 rings (SSSR count). The van der Waals surface area contributed by atoms with Crippen molar-refractivity contribution in [2.75, 3.05) is 11.1 Å². The molecule has 1 heterocycles. The summed E-state index contributed by atoms with van der Waals surface area (Å²) < 4.78 is 38.4. The summed E-state index contributed by atoms with van der Waals surface area (Å²) in [7, 11) is 0. The van der Waals surface area contributed by atoms with Crippen molar-refractivity contribution in [3.8, 4) is 0 Å². The van der Waals surface area contributed by atoms with Crippen LogP contribution in [0, 0.1) is 6.92 Å². The van der Waals surface area contributed by atoms with Gasteiger partial charge in [-0.25, -0.2) is 4.98 Å². The second kappa shape index (κ2) is 8.79. The van der Waals surface area contributed by atoms with Gasteiger partial charge in [-0.05, 0) is 30.2 Å². The smallest absolute Gasteiger partial charge is 0.383 e. The van der Waals surface area contributed by atoms with Gasteiger partial charge in [0.1, 0.15) is 5.82 Å². The molecule has 0 aliphatic carbocycles. The van der Waals surface area contributed by atoms with Crippen molar-refractivity contribution < 1.29 is 13.2 Å². The number of rotatable bonds is 6. The van der Waals surface area contributed by atoms with E-state index in [1.807, 2.05) is 63.3 Å². The molecule has 162 valence electrons. The average Bonchev–Trinajstić information content (AvgIpc) is 2.72. The van der Waals surface area contributed by atoms with Gasteiger partial charge < -0.3 is 11.1 Å². The van der Waals surface area contributed by atoms with Gasteiger partial charge >= 0.3 is 6.18 Å². The first kappa shape index (κ1) is 22.3. The molecule has 3 aromatic rings. The van der Waals surface area contributed by atoms with E-state index in [4.69, 9.17) is 5.73 Å². The van der Waals surface area contributed by atoms with Gasteiger partial charge in [0.15, 0.2) is 0 Å². The molecule has 31 heavy (non-hydrogen) atoms. The zero-order chi connectivity index (χ0) is 22.6.